The Labute approximate surface area is 97.9 Å². The Balaban J connectivity index is 2.00. The molecule has 0 bridgehead atoms. The first-order valence-electron chi connectivity index (χ1n) is 6.11. The van der Waals surface area contributed by atoms with Crippen LogP contribution in [0.2, 0.25) is 0 Å². The summed E-state index contributed by atoms with van der Waals surface area (Å²) in [5, 5.41) is 5.72. The Hall–Kier alpha value is -0.340. The van der Waals surface area contributed by atoms with Crippen LogP contribution in [0.15, 0.2) is 17.5 Å². The third-order valence-corrected chi connectivity index (χ3v) is 3.76. The number of nitrogens with one attached hydrogen (secondary N) is 1. The molecular formula is C13H23NS. The van der Waals surface area contributed by atoms with Crippen LogP contribution in [0.25, 0.3) is 0 Å². The number of rotatable bonds is 8. The predicted molar refractivity (Wildman–Crippen MR) is 69.5 cm³/mol. The maximum atomic E-state index is 3.57. The quantitative estimate of drug-likeness (QED) is 0.648. The molecule has 0 radical (unpaired) electrons. The average molecular weight is 225 g/mol. The highest BCUT2D eigenvalue weighted by molar-refractivity contribution is 7.10. The first-order chi connectivity index (χ1) is 7.34. The minimum absolute atomic E-state index is 0.524. The molecule has 1 rings (SSSR count). The Morgan fingerprint density at radius 3 is 2.73 bits per heavy atom. The van der Waals surface area contributed by atoms with Crippen LogP contribution in [-0.2, 0) is 0 Å². The van der Waals surface area contributed by atoms with Crippen molar-refractivity contribution in [3.8, 4) is 0 Å². The van der Waals surface area contributed by atoms with E-state index in [0.29, 0.717) is 6.04 Å². The van der Waals surface area contributed by atoms with Crippen molar-refractivity contribution in [3.63, 3.8) is 0 Å². The van der Waals surface area contributed by atoms with Gasteiger partial charge in [0.05, 0.1) is 0 Å². The molecule has 1 aromatic rings. The summed E-state index contributed by atoms with van der Waals surface area (Å²) in [5.41, 5.74) is 0. The average Bonchev–Trinajstić information content (AvgIpc) is 2.76. The first kappa shape index (κ1) is 12.7. The van der Waals surface area contributed by atoms with Crippen molar-refractivity contribution in [3.05, 3.63) is 22.4 Å². The van der Waals surface area contributed by atoms with Gasteiger partial charge in [-0.3, -0.25) is 0 Å². The van der Waals surface area contributed by atoms with Crippen LogP contribution >= 0.6 is 11.3 Å². The van der Waals surface area contributed by atoms with E-state index in [4.69, 9.17) is 0 Å². The largest absolute Gasteiger partial charge is 0.309 e. The van der Waals surface area contributed by atoms with Crippen molar-refractivity contribution in [2.45, 2.75) is 52.0 Å². The van der Waals surface area contributed by atoms with Gasteiger partial charge in [-0.05, 0) is 31.3 Å². The minimum Gasteiger partial charge on any atom is -0.309 e. The molecule has 0 fully saturated rings. The van der Waals surface area contributed by atoms with E-state index >= 15 is 0 Å². The van der Waals surface area contributed by atoms with E-state index in [-0.39, 0.29) is 0 Å². The molecule has 0 unspecified atom stereocenters. The molecule has 1 nitrogen and oxygen atoms in total. The van der Waals surface area contributed by atoms with Gasteiger partial charge in [-0.15, -0.1) is 11.3 Å². The molecule has 15 heavy (non-hydrogen) atoms. The lowest BCUT2D eigenvalue weighted by atomic mass is 10.1. The first-order valence-corrected chi connectivity index (χ1v) is 6.99. The lowest BCUT2D eigenvalue weighted by molar-refractivity contribution is 0.536. The number of unbranched alkanes of at least 4 members (excludes halogenated alkanes) is 4. The summed E-state index contributed by atoms with van der Waals surface area (Å²) in [7, 11) is 0. The van der Waals surface area contributed by atoms with E-state index in [1.807, 2.05) is 11.3 Å². The summed E-state index contributed by atoms with van der Waals surface area (Å²) >= 11 is 1.84. The summed E-state index contributed by atoms with van der Waals surface area (Å²) in [6.07, 6.45) is 6.80. The summed E-state index contributed by atoms with van der Waals surface area (Å²) in [6.45, 7) is 5.66. The van der Waals surface area contributed by atoms with Crippen LogP contribution in [0.5, 0.6) is 0 Å². The van der Waals surface area contributed by atoms with Gasteiger partial charge < -0.3 is 5.32 Å². The van der Waals surface area contributed by atoms with Crippen LogP contribution < -0.4 is 5.32 Å². The summed E-state index contributed by atoms with van der Waals surface area (Å²) < 4.78 is 0. The SMILES string of the molecule is CCCCCCCN[C@H](C)c1cccs1. The second-order valence-electron chi connectivity index (χ2n) is 4.11. The molecule has 1 aromatic heterocycles. The van der Waals surface area contributed by atoms with Gasteiger partial charge in [-0.25, -0.2) is 0 Å². The Morgan fingerprint density at radius 2 is 2.07 bits per heavy atom. The number of hydrogen-bond acceptors (Lipinski definition) is 2. The molecule has 0 aliphatic heterocycles. The zero-order valence-electron chi connectivity index (χ0n) is 9.96. The third kappa shape index (κ3) is 5.33. The van der Waals surface area contributed by atoms with Gasteiger partial charge in [-0.1, -0.05) is 38.7 Å². The lowest BCUT2D eigenvalue weighted by Crippen LogP contribution is -2.18. The monoisotopic (exact) mass is 225 g/mol. The summed E-state index contributed by atoms with van der Waals surface area (Å²) in [6, 6.07) is 4.86. The van der Waals surface area contributed by atoms with Crippen LogP contribution in [0.4, 0.5) is 0 Å². The van der Waals surface area contributed by atoms with Gasteiger partial charge in [0.1, 0.15) is 0 Å². The minimum atomic E-state index is 0.524. The molecule has 86 valence electrons. The predicted octanol–water partition coefficient (Wildman–Crippen LogP) is 4.37. The molecule has 2 heteroatoms. The van der Waals surface area contributed by atoms with Gasteiger partial charge in [0.25, 0.3) is 0 Å². The topological polar surface area (TPSA) is 12.0 Å². The van der Waals surface area contributed by atoms with Crippen molar-refractivity contribution in [2.75, 3.05) is 6.54 Å². The fourth-order valence-corrected chi connectivity index (χ4v) is 2.44. The Bertz CT molecular complexity index is 231. The summed E-state index contributed by atoms with van der Waals surface area (Å²) in [4.78, 5) is 1.45. The smallest absolute Gasteiger partial charge is 0.0386 e. The third-order valence-electron chi connectivity index (χ3n) is 2.70. The number of thiophene rings is 1. The van der Waals surface area contributed by atoms with E-state index in [1.54, 1.807) is 0 Å². The molecule has 0 aliphatic carbocycles. The Kier molecular flexibility index (Phi) is 6.69. The second-order valence-corrected chi connectivity index (χ2v) is 5.08. The molecule has 0 amide bonds. The summed E-state index contributed by atoms with van der Waals surface area (Å²) in [5.74, 6) is 0. The van der Waals surface area contributed by atoms with Gasteiger partial charge in [0, 0.05) is 10.9 Å². The second kappa shape index (κ2) is 7.89. The molecule has 1 heterocycles. The molecular weight excluding hydrogens is 202 g/mol. The van der Waals surface area contributed by atoms with Crippen LogP contribution in [0, 0.1) is 0 Å². The molecule has 1 atom stereocenters. The van der Waals surface area contributed by atoms with E-state index in [0.717, 1.165) is 6.54 Å². The van der Waals surface area contributed by atoms with Crippen LogP contribution in [-0.4, -0.2) is 6.54 Å². The number of hydrogen-bond donors (Lipinski definition) is 1. The van der Waals surface area contributed by atoms with Crippen LogP contribution in [0.1, 0.15) is 56.9 Å². The van der Waals surface area contributed by atoms with Gasteiger partial charge >= 0.3 is 0 Å². The molecule has 0 aliphatic rings. The van der Waals surface area contributed by atoms with Crippen molar-refractivity contribution in [1.82, 2.24) is 5.32 Å². The zero-order valence-corrected chi connectivity index (χ0v) is 10.8. The maximum Gasteiger partial charge on any atom is 0.0386 e. The Morgan fingerprint density at radius 1 is 1.27 bits per heavy atom. The highest BCUT2D eigenvalue weighted by Gasteiger charge is 2.03. The van der Waals surface area contributed by atoms with E-state index in [9.17, 15) is 0 Å². The van der Waals surface area contributed by atoms with Crippen molar-refractivity contribution < 1.29 is 0 Å². The fraction of sp³-hybridized carbons (Fsp3) is 0.692. The van der Waals surface area contributed by atoms with Gasteiger partial charge in [0.15, 0.2) is 0 Å². The highest BCUT2D eigenvalue weighted by Crippen LogP contribution is 2.17. The molecule has 0 spiro atoms. The normalized spacial score (nSPS) is 12.9. The lowest BCUT2D eigenvalue weighted by Gasteiger charge is -2.11. The van der Waals surface area contributed by atoms with Gasteiger partial charge in [-0.2, -0.15) is 0 Å². The highest BCUT2D eigenvalue weighted by atomic mass is 32.1. The van der Waals surface area contributed by atoms with Gasteiger partial charge in [0.2, 0.25) is 0 Å². The zero-order chi connectivity index (χ0) is 10.9. The van der Waals surface area contributed by atoms with Crippen molar-refractivity contribution in [1.29, 1.82) is 0 Å². The van der Waals surface area contributed by atoms with Crippen LogP contribution in [0.3, 0.4) is 0 Å². The molecule has 1 N–H and O–H groups in total. The maximum absolute atomic E-state index is 3.57. The van der Waals surface area contributed by atoms with Crippen molar-refractivity contribution in [2.24, 2.45) is 0 Å². The van der Waals surface area contributed by atoms with Crippen molar-refractivity contribution >= 4 is 11.3 Å². The molecule has 0 saturated heterocycles. The fourth-order valence-electron chi connectivity index (χ4n) is 1.69. The molecule has 0 aromatic carbocycles. The van der Waals surface area contributed by atoms with E-state index < -0.39 is 0 Å². The molecule has 0 saturated carbocycles. The van der Waals surface area contributed by atoms with E-state index in [2.05, 4.69) is 36.7 Å². The van der Waals surface area contributed by atoms with E-state index in [1.165, 1.54) is 37.0 Å². The standard InChI is InChI=1S/C13H23NS/c1-3-4-5-6-7-10-14-12(2)13-9-8-11-15-13/h8-9,11-12,14H,3-7,10H2,1-2H3/t12-/m1/s1.